The van der Waals surface area contributed by atoms with Gasteiger partial charge in [-0.25, -0.2) is 0 Å². The Morgan fingerprint density at radius 1 is 0.879 bits per heavy atom. The number of rotatable bonds is 7. The third-order valence-electron chi connectivity index (χ3n) is 4.76. The normalized spacial score (nSPS) is 10.6. The number of thioether (sulfide) groups is 1. The number of benzene rings is 3. The van der Waals surface area contributed by atoms with E-state index in [1.807, 2.05) is 66.1 Å². The average Bonchev–Trinajstić information content (AvgIpc) is 3.22. The second-order valence-electron chi connectivity index (χ2n) is 7.44. The quantitative estimate of drug-likeness (QED) is 0.384. The van der Waals surface area contributed by atoms with Crippen molar-refractivity contribution in [1.82, 2.24) is 14.8 Å². The number of carbonyl (C=O) groups is 2. The maximum absolute atomic E-state index is 12.6. The number of nitrogens with zero attached hydrogens (tertiary/aromatic N) is 3. The fraction of sp³-hybridized carbons (Fsp3) is 0.120. The molecule has 2 amide bonds. The van der Waals surface area contributed by atoms with Crippen LogP contribution in [0.3, 0.4) is 0 Å². The summed E-state index contributed by atoms with van der Waals surface area (Å²) in [6.45, 7) is 3.48. The van der Waals surface area contributed by atoms with E-state index in [4.69, 9.17) is 0 Å². The summed E-state index contributed by atoms with van der Waals surface area (Å²) in [5, 5.41) is 15.0. The van der Waals surface area contributed by atoms with Gasteiger partial charge in [0.25, 0.3) is 0 Å². The van der Waals surface area contributed by atoms with Crippen LogP contribution in [-0.4, -0.2) is 32.3 Å². The van der Waals surface area contributed by atoms with Crippen molar-refractivity contribution in [2.75, 3.05) is 16.4 Å². The molecule has 0 saturated carbocycles. The van der Waals surface area contributed by atoms with E-state index < -0.39 is 0 Å². The molecule has 0 saturated heterocycles. The van der Waals surface area contributed by atoms with Crippen molar-refractivity contribution in [3.05, 3.63) is 84.4 Å². The van der Waals surface area contributed by atoms with Crippen molar-refractivity contribution >= 4 is 35.0 Å². The highest BCUT2D eigenvalue weighted by molar-refractivity contribution is 7.99. The highest BCUT2D eigenvalue weighted by Gasteiger charge is 2.17. The standard InChI is InChI=1S/C25H23N5O2S/c1-17-11-13-22(14-12-17)30-24(19-7-4-3-5-8-19)28-29-25(30)33-16-23(32)27-21-10-6-9-20(15-21)26-18(2)31/h3-15H,16H2,1-2H3,(H,26,31)(H,27,32). The molecule has 0 aliphatic heterocycles. The average molecular weight is 458 g/mol. The van der Waals surface area contributed by atoms with Crippen LogP contribution in [0.15, 0.2) is 84.0 Å². The molecule has 3 aromatic carbocycles. The molecule has 0 atom stereocenters. The monoisotopic (exact) mass is 457 g/mol. The fourth-order valence-corrected chi connectivity index (χ4v) is 4.02. The summed E-state index contributed by atoms with van der Waals surface area (Å²) < 4.78 is 1.96. The number of carbonyl (C=O) groups excluding carboxylic acids is 2. The van der Waals surface area contributed by atoms with E-state index in [9.17, 15) is 9.59 Å². The summed E-state index contributed by atoms with van der Waals surface area (Å²) in [5.74, 6) is 0.520. The lowest BCUT2D eigenvalue weighted by Gasteiger charge is -2.11. The molecule has 1 aromatic heterocycles. The summed E-state index contributed by atoms with van der Waals surface area (Å²) in [4.78, 5) is 23.9. The van der Waals surface area contributed by atoms with Gasteiger partial charge < -0.3 is 10.6 Å². The van der Waals surface area contributed by atoms with E-state index in [0.29, 0.717) is 22.4 Å². The molecule has 8 heteroatoms. The molecule has 7 nitrogen and oxygen atoms in total. The van der Waals surface area contributed by atoms with Crippen molar-refractivity contribution in [2.45, 2.75) is 19.0 Å². The van der Waals surface area contributed by atoms with Gasteiger partial charge in [-0.05, 0) is 37.3 Å². The molecule has 166 valence electrons. The smallest absolute Gasteiger partial charge is 0.234 e. The number of nitrogens with one attached hydrogen (secondary N) is 2. The highest BCUT2D eigenvalue weighted by Crippen LogP contribution is 2.28. The van der Waals surface area contributed by atoms with Crippen LogP contribution in [0.2, 0.25) is 0 Å². The van der Waals surface area contributed by atoms with Gasteiger partial charge in [0, 0.05) is 29.5 Å². The molecule has 0 radical (unpaired) electrons. The van der Waals surface area contributed by atoms with Gasteiger partial charge in [-0.15, -0.1) is 10.2 Å². The van der Waals surface area contributed by atoms with Crippen molar-refractivity contribution < 1.29 is 9.59 Å². The van der Waals surface area contributed by atoms with Gasteiger partial charge in [-0.2, -0.15) is 0 Å². The van der Waals surface area contributed by atoms with E-state index in [2.05, 4.69) is 20.8 Å². The molecule has 4 aromatic rings. The van der Waals surface area contributed by atoms with Gasteiger partial charge in [-0.1, -0.05) is 65.9 Å². The zero-order valence-electron chi connectivity index (χ0n) is 18.3. The molecule has 0 aliphatic rings. The van der Waals surface area contributed by atoms with Crippen LogP contribution in [0, 0.1) is 6.92 Å². The van der Waals surface area contributed by atoms with E-state index in [0.717, 1.165) is 16.8 Å². The lowest BCUT2D eigenvalue weighted by atomic mass is 10.2. The Morgan fingerprint density at radius 3 is 2.27 bits per heavy atom. The first kappa shape index (κ1) is 22.3. The topological polar surface area (TPSA) is 88.9 Å². The van der Waals surface area contributed by atoms with Crippen LogP contribution in [0.4, 0.5) is 11.4 Å². The van der Waals surface area contributed by atoms with Crippen LogP contribution in [0.5, 0.6) is 0 Å². The van der Waals surface area contributed by atoms with E-state index in [1.54, 1.807) is 24.3 Å². The zero-order chi connectivity index (χ0) is 23.2. The molecule has 0 spiro atoms. The van der Waals surface area contributed by atoms with Crippen molar-refractivity contribution in [2.24, 2.45) is 0 Å². The van der Waals surface area contributed by atoms with Crippen LogP contribution in [0.25, 0.3) is 17.1 Å². The van der Waals surface area contributed by atoms with Gasteiger partial charge in [0.1, 0.15) is 0 Å². The molecule has 1 heterocycles. The van der Waals surface area contributed by atoms with Crippen LogP contribution in [-0.2, 0) is 9.59 Å². The SMILES string of the molecule is CC(=O)Nc1cccc(NC(=O)CSc2nnc(-c3ccccc3)n2-c2ccc(C)cc2)c1. The molecular formula is C25H23N5O2S. The first-order valence-electron chi connectivity index (χ1n) is 10.4. The molecular weight excluding hydrogens is 434 g/mol. The number of hydrogen-bond donors (Lipinski definition) is 2. The van der Waals surface area contributed by atoms with Gasteiger partial charge in [0.05, 0.1) is 5.75 Å². The Hall–Kier alpha value is -3.91. The Labute approximate surface area is 196 Å². The first-order valence-corrected chi connectivity index (χ1v) is 11.4. The van der Waals surface area contributed by atoms with E-state index in [1.165, 1.54) is 18.7 Å². The van der Waals surface area contributed by atoms with Gasteiger partial charge in [-0.3, -0.25) is 14.2 Å². The summed E-state index contributed by atoms with van der Waals surface area (Å²) in [5.41, 5.74) is 4.26. The summed E-state index contributed by atoms with van der Waals surface area (Å²) in [7, 11) is 0. The zero-order valence-corrected chi connectivity index (χ0v) is 19.1. The predicted octanol–water partition coefficient (Wildman–Crippen LogP) is 4.93. The third kappa shape index (κ3) is 5.67. The molecule has 2 N–H and O–H groups in total. The number of hydrogen-bond acceptors (Lipinski definition) is 5. The maximum atomic E-state index is 12.6. The van der Waals surface area contributed by atoms with Crippen molar-refractivity contribution in [3.8, 4) is 17.1 Å². The van der Waals surface area contributed by atoms with Crippen LogP contribution >= 0.6 is 11.8 Å². The second kappa shape index (κ2) is 10.1. The third-order valence-corrected chi connectivity index (χ3v) is 5.69. The van der Waals surface area contributed by atoms with Gasteiger partial charge in [0.2, 0.25) is 11.8 Å². The minimum absolute atomic E-state index is 0.156. The first-order chi connectivity index (χ1) is 16.0. The number of amides is 2. The maximum Gasteiger partial charge on any atom is 0.234 e. The Morgan fingerprint density at radius 2 is 1.58 bits per heavy atom. The highest BCUT2D eigenvalue weighted by atomic mass is 32.2. The summed E-state index contributed by atoms with van der Waals surface area (Å²) in [6.07, 6.45) is 0. The number of anilines is 2. The van der Waals surface area contributed by atoms with Crippen molar-refractivity contribution in [3.63, 3.8) is 0 Å². The number of aromatic nitrogens is 3. The molecule has 0 aliphatic carbocycles. The minimum atomic E-state index is -0.181. The molecule has 0 fully saturated rings. The molecule has 0 bridgehead atoms. The Kier molecular flexibility index (Phi) is 6.85. The second-order valence-corrected chi connectivity index (χ2v) is 8.38. The van der Waals surface area contributed by atoms with Crippen LogP contribution < -0.4 is 10.6 Å². The van der Waals surface area contributed by atoms with E-state index >= 15 is 0 Å². The minimum Gasteiger partial charge on any atom is -0.326 e. The molecule has 4 rings (SSSR count). The summed E-state index contributed by atoms with van der Waals surface area (Å²) >= 11 is 1.31. The number of aryl methyl sites for hydroxylation is 1. The van der Waals surface area contributed by atoms with Crippen molar-refractivity contribution in [1.29, 1.82) is 0 Å². The van der Waals surface area contributed by atoms with Gasteiger partial charge in [0.15, 0.2) is 11.0 Å². The molecule has 0 unspecified atom stereocenters. The lowest BCUT2D eigenvalue weighted by Crippen LogP contribution is -2.15. The van der Waals surface area contributed by atoms with Crippen LogP contribution in [0.1, 0.15) is 12.5 Å². The predicted molar refractivity (Wildman–Crippen MR) is 132 cm³/mol. The Bertz CT molecular complexity index is 1270. The Balaban J connectivity index is 1.53. The van der Waals surface area contributed by atoms with Gasteiger partial charge >= 0.3 is 0 Å². The lowest BCUT2D eigenvalue weighted by molar-refractivity contribution is -0.114. The fourth-order valence-electron chi connectivity index (χ4n) is 3.27. The largest absolute Gasteiger partial charge is 0.326 e. The van der Waals surface area contributed by atoms with E-state index in [-0.39, 0.29) is 17.6 Å². The molecule has 33 heavy (non-hydrogen) atoms. The summed E-state index contributed by atoms with van der Waals surface area (Å²) in [6, 6.07) is 25.0.